The van der Waals surface area contributed by atoms with E-state index in [1.807, 2.05) is 0 Å². The zero-order valence-electron chi connectivity index (χ0n) is 13.5. The fourth-order valence-corrected chi connectivity index (χ4v) is 3.83. The van der Waals surface area contributed by atoms with Crippen LogP contribution in [0, 0.1) is 0 Å². The van der Waals surface area contributed by atoms with Crippen molar-refractivity contribution in [3.05, 3.63) is 29.8 Å². The number of benzene rings is 1. The van der Waals surface area contributed by atoms with Crippen LogP contribution >= 0.6 is 0 Å². The second-order valence-electron chi connectivity index (χ2n) is 6.13. The monoisotopic (exact) mass is 353 g/mol. The van der Waals surface area contributed by atoms with Gasteiger partial charge in [0.05, 0.1) is 18.1 Å². The van der Waals surface area contributed by atoms with E-state index in [-0.39, 0.29) is 16.8 Å². The molecule has 7 nitrogen and oxygen atoms in total. The van der Waals surface area contributed by atoms with E-state index in [9.17, 15) is 13.2 Å². The van der Waals surface area contributed by atoms with Gasteiger partial charge in [0.25, 0.3) is 5.91 Å². The van der Waals surface area contributed by atoms with Crippen LogP contribution in [0.1, 0.15) is 23.2 Å². The molecular formula is C16H23N3O4S. The van der Waals surface area contributed by atoms with E-state index in [1.165, 1.54) is 12.1 Å². The lowest BCUT2D eigenvalue weighted by atomic mass is 10.2. The number of carbonyl (C=O) groups excluding carboxylic acids is 1. The van der Waals surface area contributed by atoms with Crippen molar-refractivity contribution in [2.24, 2.45) is 0 Å². The molecule has 3 rings (SSSR count). The molecule has 0 aromatic heterocycles. The second-order valence-corrected chi connectivity index (χ2v) is 7.84. The maximum atomic E-state index is 12.1. The lowest BCUT2D eigenvalue weighted by Gasteiger charge is -2.26. The molecule has 1 heterocycles. The zero-order valence-corrected chi connectivity index (χ0v) is 14.3. The SMILES string of the molecule is O=C(NCCN1CCOCC1)c1ccc(S(=O)(=O)NC2CC2)cc1. The van der Waals surface area contributed by atoms with Gasteiger partial charge < -0.3 is 10.1 Å². The Morgan fingerprint density at radius 3 is 2.46 bits per heavy atom. The van der Waals surface area contributed by atoms with E-state index in [2.05, 4.69) is 14.9 Å². The molecule has 24 heavy (non-hydrogen) atoms. The summed E-state index contributed by atoms with van der Waals surface area (Å²) in [4.78, 5) is 14.5. The lowest BCUT2D eigenvalue weighted by molar-refractivity contribution is 0.0383. The Kier molecular flexibility index (Phi) is 5.50. The number of nitrogens with one attached hydrogen (secondary N) is 2. The minimum absolute atomic E-state index is 0.0677. The highest BCUT2D eigenvalue weighted by Crippen LogP contribution is 2.22. The number of nitrogens with zero attached hydrogens (tertiary/aromatic N) is 1. The first-order valence-corrected chi connectivity index (χ1v) is 9.73. The summed E-state index contributed by atoms with van der Waals surface area (Å²) in [6.45, 7) is 4.58. The van der Waals surface area contributed by atoms with Gasteiger partial charge in [0.1, 0.15) is 0 Å². The number of sulfonamides is 1. The van der Waals surface area contributed by atoms with Gasteiger partial charge in [-0.15, -0.1) is 0 Å². The molecule has 1 aliphatic heterocycles. The molecule has 0 radical (unpaired) electrons. The topological polar surface area (TPSA) is 87.7 Å². The Bertz CT molecular complexity index is 665. The van der Waals surface area contributed by atoms with E-state index < -0.39 is 10.0 Å². The van der Waals surface area contributed by atoms with Crippen LogP contribution in [-0.2, 0) is 14.8 Å². The summed E-state index contributed by atoms with van der Waals surface area (Å²) in [6.07, 6.45) is 1.78. The van der Waals surface area contributed by atoms with Crippen LogP contribution in [0.2, 0.25) is 0 Å². The standard InChI is InChI=1S/C16H23N3O4S/c20-16(17-7-8-19-9-11-23-12-10-19)13-1-5-15(6-2-13)24(21,22)18-14-3-4-14/h1-2,5-6,14,18H,3-4,7-12H2,(H,17,20). The number of hydrogen-bond donors (Lipinski definition) is 2. The molecule has 0 atom stereocenters. The highest BCUT2D eigenvalue weighted by Gasteiger charge is 2.27. The van der Waals surface area contributed by atoms with Crippen molar-refractivity contribution < 1.29 is 17.9 Å². The maximum Gasteiger partial charge on any atom is 0.251 e. The molecule has 1 saturated carbocycles. The summed E-state index contributed by atoms with van der Waals surface area (Å²) < 4.78 is 32.1. The van der Waals surface area contributed by atoms with Gasteiger partial charge in [-0.2, -0.15) is 0 Å². The van der Waals surface area contributed by atoms with Crippen molar-refractivity contribution in [3.8, 4) is 0 Å². The number of ether oxygens (including phenoxy) is 1. The van der Waals surface area contributed by atoms with Gasteiger partial charge in [-0.1, -0.05) is 0 Å². The van der Waals surface area contributed by atoms with Crippen LogP contribution in [0.4, 0.5) is 0 Å². The van der Waals surface area contributed by atoms with Crippen molar-refractivity contribution in [1.82, 2.24) is 14.9 Å². The van der Waals surface area contributed by atoms with Gasteiger partial charge in [-0.05, 0) is 37.1 Å². The smallest absolute Gasteiger partial charge is 0.251 e. The van der Waals surface area contributed by atoms with Gasteiger partial charge in [0, 0.05) is 37.8 Å². The summed E-state index contributed by atoms with van der Waals surface area (Å²) in [5, 5.41) is 2.86. The van der Waals surface area contributed by atoms with Gasteiger partial charge >= 0.3 is 0 Å². The fourth-order valence-electron chi connectivity index (χ4n) is 2.53. The minimum atomic E-state index is -3.47. The Morgan fingerprint density at radius 1 is 1.17 bits per heavy atom. The molecule has 2 fully saturated rings. The third kappa shape index (κ3) is 4.76. The molecule has 0 bridgehead atoms. The van der Waals surface area contributed by atoms with Crippen LogP contribution in [-0.4, -0.2) is 64.7 Å². The molecule has 1 aromatic rings. The number of morpholine rings is 1. The van der Waals surface area contributed by atoms with Crippen molar-refractivity contribution in [2.45, 2.75) is 23.8 Å². The van der Waals surface area contributed by atoms with Gasteiger partial charge in [-0.25, -0.2) is 13.1 Å². The third-order valence-corrected chi connectivity index (χ3v) is 5.68. The van der Waals surface area contributed by atoms with Crippen LogP contribution in [0.15, 0.2) is 29.2 Å². The zero-order chi connectivity index (χ0) is 17.0. The molecule has 2 N–H and O–H groups in total. The largest absolute Gasteiger partial charge is 0.379 e. The fraction of sp³-hybridized carbons (Fsp3) is 0.562. The number of carbonyl (C=O) groups is 1. The van der Waals surface area contributed by atoms with E-state index in [0.29, 0.717) is 12.1 Å². The first-order chi connectivity index (χ1) is 11.5. The number of amides is 1. The van der Waals surface area contributed by atoms with E-state index in [1.54, 1.807) is 12.1 Å². The second kappa shape index (κ2) is 7.60. The average Bonchev–Trinajstić information content (AvgIpc) is 3.39. The highest BCUT2D eigenvalue weighted by atomic mass is 32.2. The normalized spacial score (nSPS) is 19.2. The number of rotatable bonds is 7. The van der Waals surface area contributed by atoms with Crippen LogP contribution in [0.25, 0.3) is 0 Å². The summed E-state index contributed by atoms with van der Waals surface area (Å²) in [6, 6.07) is 6.11. The van der Waals surface area contributed by atoms with Crippen molar-refractivity contribution in [3.63, 3.8) is 0 Å². The Hall–Kier alpha value is -1.48. The summed E-state index contributed by atoms with van der Waals surface area (Å²) in [5.41, 5.74) is 0.461. The Morgan fingerprint density at radius 2 is 1.83 bits per heavy atom. The van der Waals surface area contributed by atoms with Crippen molar-refractivity contribution in [2.75, 3.05) is 39.4 Å². The molecule has 1 aromatic carbocycles. The first kappa shape index (κ1) is 17.3. The summed E-state index contributed by atoms with van der Waals surface area (Å²) in [7, 11) is -3.47. The van der Waals surface area contributed by atoms with E-state index in [0.717, 1.165) is 45.7 Å². The van der Waals surface area contributed by atoms with Gasteiger partial charge in [-0.3, -0.25) is 9.69 Å². The van der Waals surface area contributed by atoms with Crippen molar-refractivity contribution in [1.29, 1.82) is 0 Å². The molecular weight excluding hydrogens is 330 g/mol. The molecule has 1 aliphatic carbocycles. The Labute approximate surface area is 142 Å². The molecule has 132 valence electrons. The van der Waals surface area contributed by atoms with Crippen LogP contribution in [0.5, 0.6) is 0 Å². The lowest BCUT2D eigenvalue weighted by Crippen LogP contribution is -2.41. The minimum Gasteiger partial charge on any atom is -0.379 e. The van der Waals surface area contributed by atoms with Gasteiger partial charge in [0.15, 0.2) is 0 Å². The molecule has 1 saturated heterocycles. The average molecular weight is 353 g/mol. The Balaban J connectivity index is 1.49. The van der Waals surface area contributed by atoms with E-state index >= 15 is 0 Å². The number of hydrogen-bond acceptors (Lipinski definition) is 5. The molecule has 0 unspecified atom stereocenters. The predicted molar refractivity (Wildman–Crippen MR) is 89.4 cm³/mol. The molecule has 0 spiro atoms. The third-order valence-electron chi connectivity index (χ3n) is 4.14. The van der Waals surface area contributed by atoms with Crippen molar-refractivity contribution >= 4 is 15.9 Å². The van der Waals surface area contributed by atoms with E-state index in [4.69, 9.17) is 4.74 Å². The van der Waals surface area contributed by atoms with Crippen LogP contribution < -0.4 is 10.0 Å². The maximum absolute atomic E-state index is 12.1. The molecule has 1 amide bonds. The quantitative estimate of drug-likeness (QED) is 0.731. The predicted octanol–water partition coefficient (Wildman–Crippen LogP) is 0.189. The summed E-state index contributed by atoms with van der Waals surface area (Å²) in [5.74, 6) is -0.192. The summed E-state index contributed by atoms with van der Waals surface area (Å²) >= 11 is 0. The van der Waals surface area contributed by atoms with Gasteiger partial charge in [0.2, 0.25) is 10.0 Å². The van der Waals surface area contributed by atoms with Crippen LogP contribution in [0.3, 0.4) is 0 Å². The first-order valence-electron chi connectivity index (χ1n) is 8.25. The molecule has 2 aliphatic rings. The molecule has 8 heteroatoms. The highest BCUT2D eigenvalue weighted by molar-refractivity contribution is 7.89.